The van der Waals surface area contributed by atoms with E-state index in [4.69, 9.17) is 0 Å². The number of carbonyl (C=O) groups is 1. The number of nitrogens with zero attached hydrogens (tertiary/aromatic N) is 2. The molecule has 0 aliphatic rings. The van der Waals surface area contributed by atoms with Gasteiger partial charge in [-0.15, -0.1) is 0 Å². The Morgan fingerprint density at radius 2 is 1.88 bits per heavy atom. The number of carbonyl (C=O) groups excluding carboxylic acids is 1. The molecule has 0 unspecified atom stereocenters. The Morgan fingerprint density at radius 1 is 1.08 bits per heavy atom. The topological polar surface area (TPSA) is 70.4 Å². The van der Waals surface area contributed by atoms with Gasteiger partial charge in [0.2, 0.25) is 0 Å². The molecule has 0 aliphatic carbocycles. The third kappa shape index (κ3) is 6.71. The maximum atomic E-state index is 12.1. The van der Waals surface area contributed by atoms with Crippen molar-refractivity contribution in [2.24, 2.45) is 4.99 Å². The molecular weight excluding hydrogens is 314 g/mol. The molecule has 0 atom stereocenters. The van der Waals surface area contributed by atoms with Crippen molar-refractivity contribution in [2.75, 3.05) is 26.2 Å². The molecule has 0 bridgehead atoms. The second-order valence-corrected chi connectivity index (χ2v) is 5.73. The average Bonchev–Trinajstić information content (AvgIpc) is 3.12. The molecule has 1 aromatic carbocycles. The Balaban J connectivity index is 1.73. The van der Waals surface area contributed by atoms with Gasteiger partial charge >= 0.3 is 0 Å². The molecule has 0 saturated carbocycles. The number of hydrogen-bond donors (Lipinski definition) is 3. The van der Waals surface area contributed by atoms with E-state index in [-0.39, 0.29) is 5.91 Å². The van der Waals surface area contributed by atoms with Crippen molar-refractivity contribution < 1.29 is 4.79 Å². The molecule has 1 amide bonds. The molecule has 2 aromatic rings. The third-order valence-corrected chi connectivity index (χ3v) is 3.62. The van der Waals surface area contributed by atoms with Crippen LogP contribution in [0.5, 0.6) is 0 Å². The first-order chi connectivity index (χ1) is 12.2. The van der Waals surface area contributed by atoms with E-state index in [2.05, 4.69) is 25.5 Å². The van der Waals surface area contributed by atoms with Gasteiger partial charge in [-0.3, -0.25) is 9.79 Å². The first-order valence-electron chi connectivity index (χ1n) is 8.67. The van der Waals surface area contributed by atoms with Crippen molar-refractivity contribution in [3.8, 4) is 0 Å². The number of hydrogen-bond acceptors (Lipinski definition) is 2. The van der Waals surface area contributed by atoms with Gasteiger partial charge in [0.1, 0.15) is 0 Å². The molecule has 0 fully saturated rings. The summed E-state index contributed by atoms with van der Waals surface area (Å²) in [6.07, 6.45) is 4.07. The fourth-order valence-electron chi connectivity index (χ4n) is 2.39. The summed E-state index contributed by atoms with van der Waals surface area (Å²) >= 11 is 0. The minimum absolute atomic E-state index is 0.0653. The van der Waals surface area contributed by atoms with Crippen LogP contribution in [0.3, 0.4) is 0 Å². The van der Waals surface area contributed by atoms with Gasteiger partial charge in [0.15, 0.2) is 5.96 Å². The van der Waals surface area contributed by atoms with Crippen LogP contribution in [0.1, 0.15) is 22.8 Å². The van der Waals surface area contributed by atoms with Crippen LogP contribution in [0, 0.1) is 6.92 Å². The molecule has 6 heteroatoms. The molecule has 3 N–H and O–H groups in total. The van der Waals surface area contributed by atoms with Crippen LogP contribution < -0.4 is 16.0 Å². The fourth-order valence-corrected chi connectivity index (χ4v) is 2.39. The van der Waals surface area contributed by atoms with Crippen molar-refractivity contribution >= 4 is 11.9 Å². The fraction of sp³-hybridized carbons (Fsp3) is 0.368. The highest BCUT2D eigenvalue weighted by Gasteiger charge is 2.04. The zero-order valence-corrected chi connectivity index (χ0v) is 15.0. The summed E-state index contributed by atoms with van der Waals surface area (Å²) in [5, 5.41) is 9.39. The van der Waals surface area contributed by atoms with Crippen molar-refractivity contribution in [1.82, 2.24) is 20.5 Å². The van der Waals surface area contributed by atoms with Crippen LogP contribution in [-0.2, 0) is 6.54 Å². The van der Waals surface area contributed by atoms with Crippen LogP contribution >= 0.6 is 0 Å². The lowest BCUT2D eigenvalue weighted by Crippen LogP contribution is -2.39. The molecule has 1 heterocycles. The molecule has 6 nitrogen and oxygen atoms in total. The van der Waals surface area contributed by atoms with Crippen molar-refractivity contribution in [1.29, 1.82) is 0 Å². The average molecular weight is 341 g/mol. The Labute approximate surface area is 149 Å². The van der Waals surface area contributed by atoms with Gasteiger partial charge < -0.3 is 20.5 Å². The number of aryl methyl sites for hydroxylation is 1. The molecule has 2 rings (SSSR count). The number of guanidine groups is 1. The van der Waals surface area contributed by atoms with Crippen LogP contribution in [0.2, 0.25) is 0 Å². The lowest BCUT2D eigenvalue weighted by atomic mass is 10.1. The molecule has 0 radical (unpaired) electrons. The summed E-state index contributed by atoms with van der Waals surface area (Å²) in [4.78, 5) is 16.6. The summed E-state index contributed by atoms with van der Waals surface area (Å²) in [7, 11) is 0. The maximum Gasteiger partial charge on any atom is 0.251 e. The summed E-state index contributed by atoms with van der Waals surface area (Å²) in [6, 6.07) is 11.6. The van der Waals surface area contributed by atoms with Crippen LogP contribution in [0.4, 0.5) is 0 Å². The lowest BCUT2D eigenvalue weighted by Gasteiger charge is -2.12. The summed E-state index contributed by atoms with van der Waals surface area (Å²) in [5.41, 5.74) is 1.76. The van der Waals surface area contributed by atoms with E-state index >= 15 is 0 Å². The second-order valence-electron chi connectivity index (χ2n) is 5.73. The van der Waals surface area contributed by atoms with Crippen molar-refractivity contribution in [3.05, 3.63) is 59.9 Å². The number of nitrogens with one attached hydrogen (secondary N) is 3. The first kappa shape index (κ1) is 18.6. The monoisotopic (exact) mass is 341 g/mol. The summed E-state index contributed by atoms with van der Waals surface area (Å²) in [5.74, 6) is 0.698. The number of benzene rings is 1. The highest BCUT2D eigenvalue weighted by molar-refractivity contribution is 5.94. The van der Waals surface area contributed by atoms with Crippen molar-refractivity contribution in [3.63, 3.8) is 0 Å². The van der Waals surface area contributed by atoms with Crippen LogP contribution in [0.15, 0.2) is 53.8 Å². The van der Waals surface area contributed by atoms with E-state index < -0.39 is 0 Å². The number of aliphatic imine (C=N–C) groups is 1. The number of amides is 1. The zero-order valence-electron chi connectivity index (χ0n) is 15.0. The Kier molecular flexibility index (Phi) is 7.56. The molecule has 134 valence electrons. The van der Waals surface area contributed by atoms with Gasteiger partial charge in [0.05, 0.1) is 6.54 Å². The van der Waals surface area contributed by atoms with Crippen molar-refractivity contribution in [2.45, 2.75) is 20.4 Å². The zero-order chi connectivity index (χ0) is 17.9. The molecule has 0 saturated heterocycles. The maximum absolute atomic E-state index is 12.1. The first-order valence-corrected chi connectivity index (χ1v) is 8.67. The quantitative estimate of drug-likeness (QED) is 0.389. The SMILES string of the molecule is CCNC(=NCCNC(=O)c1cccc(C)c1)NCCn1cccc1. The standard InChI is InChI=1S/C19H27N5O/c1-3-20-19(23-11-14-24-12-4-5-13-24)22-10-9-21-18(25)17-8-6-7-16(2)15-17/h4-8,12-13,15H,3,9-11,14H2,1-2H3,(H,21,25)(H2,20,22,23). The summed E-state index contributed by atoms with van der Waals surface area (Å²) < 4.78 is 2.11. The minimum atomic E-state index is -0.0653. The number of rotatable bonds is 8. The molecular formula is C19H27N5O. The van der Waals surface area contributed by atoms with Gasteiger partial charge in [-0.2, -0.15) is 0 Å². The predicted octanol–water partition coefficient (Wildman–Crippen LogP) is 1.78. The van der Waals surface area contributed by atoms with Gasteiger partial charge in [-0.1, -0.05) is 17.7 Å². The van der Waals surface area contributed by atoms with E-state index in [0.717, 1.165) is 31.2 Å². The van der Waals surface area contributed by atoms with E-state index in [0.29, 0.717) is 18.7 Å². The highest BCUT2D eigenvalue weighted by Crippen LogP contribution is 2.03. The van der Waals surface area contributed by atoms with Gasteiger partial charge in [0, 0.05) is 44.1 Å². The van der Waals surface area contributed by atoms with Gasteiger partial charge in [-0.25, -0.2) is 0 Å². The van der Waals surface area contributed by atoms with E-state index in [1.54, 1.807) is 0 Å². The minimum Gasteiger partial charge on any atom is -0.357 e. The van der Waals surface area contributed by atoms with Gasteiger partial charge in [0.25, 0.3) is 5.91 Å². The van der Waals surface area contributed by atoms with E-state index in [1.807, 2.05) is 62.6 Å². The number of aromatic nitrogens is 1. The van der Waals surface area contributed by atoms with E-state index in [9.17, 15) is 4.79 Å². The predicted molar refractivity (Wildman–Crippen MR) is 102 cm³/mol. The molecule has 25 heavy (non-hydrogen) atoms. The summed E-state index contributed by atoms with van der Waals surface area (Å²) in [6.45, 7) is 7.49. The highest BCUT2D eigenvalue weighted by atomic mass is 16.1. The second kappa shape index (κ2) is 10.2. The van der Waals surface area contributed by atoms with E-state index in [1.165, 1.54) is 0 Å². The largest absolute Gasteiger partial charge is 0.357 e. The molecule has 1 aromatic heterocycles. The molecule has 0 spiro atoms. The smallest absolute Gasteiger partial charge is 0.251 e. The Morgan fingerprint density at radius 3 is 2.60 bits per heavy atom. The molecule has 0 aliphatic heterocycles. The lowest BCUT2D eigenvalue weighted by molar-refractivity contribution is 0.0954. The van der Waals surface area contributed by atoms with Gasteiger partial charge in [-0.05, 0) is 38.1 Å². The normalized spacial score (nSPS) is 11.2. The van der Waals surface area contributed by atoms with Crippen LogP contribution in [-0.4, -0.2) is 42.6 Å². The Bertz CT molecular complexity index is 679. The van der Waals surface area contributed by atoms with Crippen LogP contribution in [0.25, 0.3) is 0 Å². The third-order valence-electron chi connectivity index (χ3n) is 3.62. The Hall–Kier alpha value is -2.76.